The van der Waals surface area contributed by atoms with Crippen LogP contribution in [0.1, 0.15) is 17.2 Å². The molecular weight excluding hydrogens is 267 g/mol. The summed E-state index contributed by atoms with van der Waals surface area (Å²) in [7, 11) is 0. The second kappa shape index (κ2) is 6.80. The summed E-state index contributed by atoms with van der Waals surface area (Å²) in [6.45, 7) is 3.17. The second-order valence-electron chi connectivity index (χ2n) is 5.12. The van der Waals surface area contributed by atoms with Crippen molar-refractivity contribution < 1.29 is 9.13 Å². The summed E-state index contributed by atoms with van der Waals surface area (Å²) in [4.78, 5) is 0. The van der Waals surface area contributed by atoms with Crippen LogP contribution < -0.4 is 5.43 Å². The maximum atomic E-state index is 13.2. The zero-order valence-corrected chi connectivity index (χ0v) is 11.8. The van der Waals surface area contributed by atoms with Crippen LogP contribution in [-0.4, -0.2) is 31.3 Å². The molecule has 0 radical (unpaired) electrons. The summed E-state index contributed by atoms with van der Waals surface area (Å²) in [5.41, 5.74) is 5.75. The van der Waals surface area contributed by atoms with Crippen LogP contribution in [-0.2, 0) is 4.74 Å². The van der Waals surface area contributed by atoms with E-state index in [9.17, 15) is 4.39 Å². The van der Waals surface area contributed by atoms with Crippen molar-refractivity contribution in [1.29, 1.82) is 0 Å². The van der Waals surface area contributed by atoms with Crippen LogP contribution in [0.5, 0.6) is 0 Å². The fourth-order valence-electron chi connectivity index (χ4n) is 2.52. The molecule has 3 nitrogen and oxygen atoms in total. The van der Waals surface area contributed by atoms with Gasteiger partial charge in [0.05, 0.1) is 19.3 Å². The van der Waals surface area contributed by atoms with E-state index in [1.54, 1.807) is 0 Å². The summed E-state index contributed by atoms with van der Waals surface area (Å²) in [6, 6.07) is 16.9. The third-order valence-electron chi connectivity index (χ3n) is 3.66. The van der Waals surface area contributed by atoms with E-state index in [4.69, 9.17) is 4.74 Å². The number of hydrogen-bond acceptors (Lipinski definition) is 3. The van der Waals surface area contributed by atoms with Gasteiger partial charge in [-0.25, -0.2) is 14.8 Å². The van der Waals surface area contributed by atoms with Gasteiger partial charge in [0, 0.05) is 13.1 Å². The number of benzene rings is 2. The smallest absolute Gasteiger partial charge is 0.123 e. The SMILES string of the molecule is Fc1ccc(C(NN2CCOCC2)c2ccccc2)cc1. The first kappa shape index (κ1) is 14.2. The van der Waals surface area contributed by atoms with Crippen LogP contribution in [0.25, 0.3) is 0 Å². The number of nitrogens with one attached hydrogen (secondary N) is 1. The molecule has 1 aliphatic heterocycles. The van der Waals surface area contributed by atoms with Crippen molar-refractivity contribution in [3.05, 3.63) is 71.5 Å². The maximum Gasteiger partial charge on any atom is 0.123 e. The van der Waals surface area contributed by atoms with Gasteiger partial charge >= 0.3 is 0 Å². The lowest BCUT2D eigenvalue weighted by Gasteiger charge is -2.32. The topological polar surface area (TPSA) is 24.5 Å². The molecule has 4 heteroatoms. The number of rotatable bonds is 4. The Kier molecular flexibility index (Phi) is 4.60. The molecule has 3 rings (SSSR count). The molecule has 1 saturated heterocycles. The highest BCUT2D eigenvalue weighted by atomic mass is 19.1. The van der Waals surface area contributed by atoms with Crippen LogP contribution in [0.2, 0.25) is 0 Å². The van der Waals surface area contributed by atoms with Crippen LogP contribution in [0, 0.1) is 5.82 Å². The number of nitrogens with zero attached hydrogens (tertiary/aromatic N) is 1. The lowest BCUT2D eigenvalue weighted by Crippen LogP contribution is -2.47. The molecule has 1 fully saturated rings. The molecule has 0 amide bonds. The number of ether oxygens (including phenoxy) is 1. The molecule has 1 heterocycles. The van der Waals surface area contributed by atoms with E-state index in [0.717, 1.165) is 37.4 Å². The highest BCUT2D eigenvalue weighted by molar-refractivity contribution is 5.31. The number of hydrogen-bond donors (Lipinski definition) is 1. The van der Waals surface area contributed by atoms with Gasteiger partial charge in [-0.15, -0.1) is 0 Å². The summed E-state index contributed by atoms with van der Waals surface area (Å²) >= 11 is 0. The van der Waals surface area contributed by atoms with Crippen molar-refractivity contribution in [3.63, 3.8) is 0 Å². The van der Waals surface area contributed by atoms with E-state index in [1.165, 1.54) is 12.1 Å². The lowest BCUT2D eigenvalue weighted by atomic mass is 9.99. The Balaban J connectivity index is 1.85. The Morgan fingerprint density at radius 2 is 1.52 bits per heavy atom. The first-order valence-electron chi connectivity index (χ1n) is 7.22. The fourth-order valence-corrected chi connectivity index (χ4v) is 2.52. The highest BCUT2D eigenvalue weighted by Gasteiger charge is 2.19. The maximum absolute atomic E-state index is 13.2. The van der Waals surface area contributed by atoms with Crippen molar-refractivity contribution in [2.75, 3.05) is 26.3 Å². The molecule has 2 aromatic rings. The molecule has 1 atom stereocenters. The minimum absolute atomic E-state index is 0.0184. The molecule has 0 saturated carbocycles. The average molecular weight is 286 g/mol. The quantitative estimate of drug-likeness (QED) is 0.935. The Hall–Kier alpha value is -1.75. The number of hydrazine groups is 1. The summed E-state index contributed by atoms with van der Waals surface area (Å²) in [6.07, 6.45) is 0. The Morgan fingerprint density at radius 1 is 0.905 bits per heavy atom. The molecule has 0 aliphatic carbocycles. The highest BCUT2D eigenvalue weighted by Crippen LogP contribution is 2.23. The van der Waals surface area contributed by atoms with E-state index in [1.807, 2.05) is 30.3 Å². The summed E-state index contributed by atoms with van der Waals surface area (Å²) in [5.74, 6) is -0.211. The number of halogens is 1. The molecule has 0 spiro atoms. The fraction of sp³-hybridized carbons (Fsp3) is 0.294. The molecule has 0 bridgehead atoms. The molecular formula is C17H19FN2O. The second-order valence-corrected chi connectivity index (χ2v) is 5.12. The average Bonchev–Trinajstić information content (AvgIpc) is 2.55. The van der Waals surface area contributed by atoms with Crippen LogP contribution in [0.4, 0.5) is 4.39 Å². The van der Waals surface area contributed by atoms with Crippen LogP contribution in [0.15, 0.2) is 54.6 Å². The van der Waals surface area contributed by atoms with Gasteiger partial charge in [-0.1, -0.05) is 42.5 Å². The standard InChI is InChI=1S/C17H19FN2O/c18-16-8-6-15(7-9-16)17(14-4-2-1-3-5-14)19-20-10-12-21-13-11-20/h1-9,17,19H,10-13H2. The minimum atomic E-state index is -0.211. The van der Waals surface area contributed by atoms with Crippen molar-refractivity contribution >= 4 is 0 Å². The van der Waals surface area contributed by atoms with Crippen molar-refractivity contribution in [1.82, 2.24) is 10.4 Å². The minimum Gasteiger partial charge on any atom is -0.379 e. The van der Waals surface area contributed by atoms with Crippen LogP contribution in [0.3, 0.4) is 0 Å². The first-order chi connectivity index (χ1) is 10.3. The lowest BCUT2D eigenvalue weighted by molar-refractivity contribution is 0.00646. The first-order valence-corrected chi connectivity index (χ1v) is 7.22. The third kappa shape index (κ3) is 3.67. The Morgan fingerprint density at radius 3 is 2.19 bits per heavy atom. The van der Waals surface area contributed by atoms with E-state index in [-0.39, 0.29) is 11.9 Å². The normalized spacial score (nSPS) is 17.6. The van der Waals surface area contributed by atoms with Gasteiger partial charge in [0.2, 0.25) is 0 Å². The molecule has 1 N–H and O–H groups in total. The molecule has 1 unspecified atom stereocenters. The molecule has 110 valence electrons. The Labute approximate surface area is 124 Å². The zero-order chi connectivity index (χ0) is 14.5. The van der Waals surface area contributed by atoms with E-state index < -0.39 is 0 Å². The monoisotopic (exact) mass is 286 g/mol. The predicted molar refractivity (Wildman–Crippen MR) is 80.2 cm³/mol. The van der Waals surface area contributed by atoms with Gasteiger partial charge < -0.3 is 4.74 Å². The van der Waals surface area contributed by atoms with E-state index >= 15 is 0 Å². The molecule has 2 aromatic carbocycles. The van der Waals surface area contributed by atoms with Gasteiger partial charge in [0.15, 0.2) is 0 Å². The molecule has 0 aromatic heterocycles. The predicted octanol–water partition coefficient (Wildman–Crippen LogP) is 2.75. The van der Waals surface area contributed by atoms with Gasteiger partial charge in [0.25, 0.3) is 0 Å². The van der Waals surface area contributed by atoms with Crippen LogP contribution >= 0.6 is 0 Å². The largest absolute Gasteiger partial charge is 0.379 e. The van der Waals surface area contributed by atoms with E-state index in [0.29, 0.717) is 0 Å². The molecule has 1 aliphatic rings. The summed E-state index contributed by atoms with van der Waals surface area (Å²) < 4.78 is 18.5. The van der Waals surface area contributed by atoms with Crippen molar-refractivity contribution in [3.8, 4) is 0 Å². The Bertz CT molecular complexity index is 553. The van der Waals surface area contributed by atoms with Gasteiger partial charge in [-0.3, -0.25) is 0 Å². The zero-order valence-electron chi connectivity index (χ0n) is 11.8. The van der Waals surface area contributed by atoms with E-state index in [2.05, 4.69) is 22.6 Å². The van der Waals surface area contributed by atoms with Crippen molar-refractivity contribution in [2.45, 2.75) is 6.04 Å². The van der Waals surface area contributed by atoms with Gasteiger partial charge in [-0.05, 0) is 23.3 Å². The molecule has 21 heavy (non-hydrogen) atoms. The third-order valence-corrected chi connectivity index (χ3v) is 3.66. The van der Waals surface area contributed by atoms with Gasteiger partial charge in [-0.2, -0.15) is 0 Å². The summed E-state index contributed by atoms with van der Waals surface area (Å²) in [5, 5.41) is 2.17. The van der Waals surface area contributed by atoms with Gasteiger partial charge in [0.1, 0.15) is 5.82 Å². The van der Waals surface area contributed by atoms with Crippen molar-refractivity contribution in [2.24, 2.45) is 0 Å². The number of morpholine rings is 1.